The second kappa shape index (κ2) is 13.8. The molecule has 3 aromatic carbocycles. The molecule has 4 aromatic rings. The van der Waals surface area contributed by atoms with Gasteiger partial charge < -0.3 is 13.7 Å². The molecule has 0 radical (unpaired) electrons. The Kier molecular flexibility index (Phi) is 9.89. The molecule has 0 saturated carbocycles. The summed E-state index contributed by atoms with van der Waals surface area (Å²) in [6.07, 6.45) is 1.45. The van der Waals surface area contributed by atoms with E-state index < -0.39 is 21.1 Å². The van der Waals surface area contributed by atoms with Crippen molar-refractivity contribution < 1.29 is 31.8 Å². The van der Waals surface area contributed by atoms with E-state index in [1.54, 1.807) is 11.6 Å². The first kappa shape index (κ1) is 32.9. The molecule has 242 valence electrons. The van der Waals surface area contributed by atoms with Crippen LogP contribution in [0.1, 0.15) is 47.1 Å². The third kappa shape index (κ3) is 6.98. The third-order valence-electron chi connectivity index (χ3n) is 7.69. The smallest absolute Gasteiger partial charge is 0.388 e. The van der Waals surface area contributed by atoms with Gasteiger partial charge in [0, 0.05) is 37.0 Å². The van der Waals surface area contributed by atoms with Gasteiger partial charge >= 0.3 is 27.9 Å². The van der Waals surface area contributed by atoms with Crippen LogP contribution < -0.4 is 4.74 Å². The number of esters is 1. The van der Waals surface area contributed by atoms with Crippen LogP contribution in [0.2, 0.25) is 0 Å². The number of carbonyl (C=O) groups excluding carboxylic acids is 1. The van der Waals surface area contributed by atoms with Gasteiger partial charge in [-0.2, -0.15) is 12.7 Å². The summed E-state index contributed by atoms with van der Waals surface area (Å²) in [5.74, 6) is -0.929. The highest BCUT2D eigenvalue weighted by Crippen LogP contribution is 2.35. The van der Waals surface area contributed by atoms with E-state index in [4.69, 9.17) is 25.3 Å². The number of ether oxygens (including phenoxy) is 2. The molecule has 0 amide bonds. The van der Waals surface area contributed by atoms with Gasteiger partial charge in [-0.1, -0.05) is 41.6 Å². The minimum atomic E-state index is -4.32. The van der Waals surface area contributed by atoms with E-state index in [-0.39, 0.29) is 49.5 Å². The number of hydrogen-bond donors (Lipinski definition) is 0. The van der Waals surface area contributed by atoms with E-state index in [0.29, 0.717) is 23.5 Å². The summed E-state index contributed by atoms with van der Waals surface area (Å²) < 4.78 is 45.1. The van der Waals surface area contributed by atoms with Crippen molar-refractivity contribution in [2.45, 2.75) is 46.2 Å². The second-order valence-electron chi connectivity index (χ2n) is 10.6. The van der Waals surface area contributed by atoms with Crippen LogP contribution in [0.15, 0.2) is 66.6 Å². The van der Waals surface area contributed by atoms with Gasteiger partial charge in [-0.3, -0.25) is 14.9 Å². The summed E-state index contributed by atoms with van der Waals surface area (Å²) in [5.41, 5.74) is 5.24. The molecule has 0 fully saturated rings. The van der Waals surface area contributed by atoms with E-state index in [1.165, 1.54) is 30.3 Å². The number of para-hydroxylation sites is 2. The van der Waals surface area contributed by atoms with Gasteiger partial charge in [0.1, 0.15) is 5.52 Å². The molecule has 1 aliphatic heterocycles. The Balaban J connectivity index is 1.44. The van der Waals surface area contributed by atoms with E-state index in [0.717, 1.165) is 32.1 Å². The normalized spacial score (nSPS) is 15.2. The lowest BCUT2D eigenvalue weighted by Crippen LogP contribution is -2.36. The van der Waals surface area contributed by atoms with Crippen LogP contribution in [0.5, 0.6) is 5.75 Å². The molecule has 46 heavy (non-hydrogen) atoms. The Morgan fingerprint density at radius 1 is 1.17 bits per heavy atom. The molecule has 0 bridgehead atoms. The molecule has 1 aliphatic rings. The molecule has 2 heterocycles. The molecule has 13 nitrogen and oxygen atoms in total. The first-order chi connectivity index (χ1) is 22.0. The summed E-state index contributed by atoms with van der Waals surface area (Å²) in [6.45, 7) is 6.15. The lowest BCUT2D eigenvalue weighted by molar-refractivity contribution is -0.385. The maximum atomic E-state index is 13.2. The van der Waals surface area contributed by atoms with Crippen LogP contribution in [0, 0.1) is 24.0 Å². The Labute approximate surface area is 270 Å². The molecule has 1 atom stereocenters. The fraction of sp³-hybridized carbons (Fsp3) is 0.323. The van der Waals surface area contributed by atoms with Crippen LogP contribution in [0.3, 0.4) is 0 Å². The van der Waals surface area contributed by atoms with Crippen molar-refractivity contribution in [1.29, 1.82) is 0 Å². The fourth-order valence-corrected chi connectivity index (χ4v) is 6.46. The molecule has 1 aromatic heterocycles. The summed E-state index contributed by atoms with van der Waals surface area (Å²) in [4.78, 5) is 23.5. The number of benzene rings is 3. The summed E-state index contributed by atoms with van der Waals surface area (Å²) in [5, 5.41) is 19.9. The van der Waals surface area contributed by atoms with Crippen molar-refractivity contribution in [3.8, 4) is 5.75 Å². The van der Waals surface area contributed by atoms with Gasteiger partial charge in [0.05, 0.1) is 30.0 Å². The number of rotatable bonds is 12. The number of alkyl halides is 1. The van der Waals surface area contributed by atoms with E-state index in [1.807, 2.05) is 44.2 Å². The zero-order valence-electron chi connectivity index (χ0n) is 25.4. The number of nitro benzene ring substituents is 1. The first-order valence-electron chi connectivity index (χ1n) is 14.5. The highest BCUT2D eigenvalue weighted by atomic mass is 35.5. The molecule has 1 unspecified atom stereocenters. The van der Waals surface area contributed by atoms with Gasteiger partial charge in [-0.15, -0.1) is 16.7 Å². The lowest BCUT2D eigenvalue weighted by atomic mass is 9.84. The summed E-state index contributed by atoms with van der Waals surface area (Å²) in [7, 11) is -4.32. The van der Waals surface area contributed by atoms with Crippen molar-refractivity contribution in [2.75, 3.05) is 19.0 Å². The predicted octanol–water partition coefficient (Wildman–Crippen LogP) is 5.28. The first-order valence-corrected chi connectivity index (χ1v) is 16.4. The molecular weight excluding hydrogens is 638 g/mol. The van der Waals surface area contributed by atoms with Crippen LogP contribution in [-0.4, -0.2) is 57.6 Å². The van der Waals surface area contributed by atoms with Crippen molar-refractivity contribution >= 4 is 44.6 Å². The predicted molar refractivity (Wildman–Crippen MR) is 169 cm³/mol. The van der Waals surface area contributed by atoms with Crippen LogP contribution in [-0.2, 0) is 37.1 Å². The number of fused-ring (bicyclic) bond motifs is 1. The van der Waals surface area contributed by atoms with E-state index >= 15 is 0 Å². The fourth-order valence-electron chi connectivity index (χ4n) is 5.33. The maximum absolute atomic E-state index is 13.2. The van der Waals surface area contributed by atoms with Crippen molar-refractivity contribution in [3.05, 3.63) is 105 Å². The van der Waals surface area contributed by atoms with Gasteiger partial charge in [0.2, 0.25) is 5.75 Å². The zero-order valence-corrected chi connectivity index (χ0v) is 27.0. The molecular formula is C31H32ClN5O8S. The molecule has 0 N–H and O–H groups in total. The Hall–Kier alpha value is -4.53. The summed E-state index contributed by atoms with van der Waals surface area (Å²) in [6, 6.07) is 15.1. The maximum Gasteiger partial charge on any atom is 0.388 e. The molecule has 0 saturated heterocycles. The van der Waals surface area contributed by atoms with Gasteiger partial charge in [0.25, 0.3) is 0 Å². The number of carbonyl (C=O) groups is 1. The van der Waals surface area contributed by atoms with Crippen LogP contribution in [0.4, 0.5) is 5.69 Å². The molecule has 0 aliphatic carbocycles. The van der Waals surface area contributed by atoms with Crippen molar-refractivity contribution in [1.82, 2.24) is 19.3 Å². The number of nitrogens with zero attached hydrogens (tertiary/aromatic N) is 5. The topological polar surface area (TPSA) is 156 Å². The average Bonchev–Trinajstić information content (AvgIpc) is 3.42. The zero-order chi connectivity index (χ0) is 33.0. The Morgan fingerprint density at radius 3 is 2.67 bits per heavy atom. The quantitative estimate of drug-likeness (QED) is 0.0842. The number of hydrogen-bond acceptors (Lipinski definition) is 10. The van der Waals surface area contributed by atoms with E-state index in [9.17, 15) is 23.3 Å². The highest BCUT2D eigenvalue weighted by Gasteiger charge is 2.32. The second-order valence-corrected chi connectivity index (χ2v) is 12.5. The summed E-state index contributed by atoms with van der Waals surface area (Å²) >= 11 is 5.93. The molecule has 15 heteroatoms. The average molecular weight is 670 g/mol. The number of aromatic nitrogens is 3. The molecule has 0 spiro atoms. The standard InChI is InChI=1S/C31H32ClN5O8S/c1-4-43-29(38)18-25(24-11-12-27-31(21(24)3)33-34-36(27)16-14-32)22-10-9-20(2)23(17-22)19-35-15-13-30(45-46(35,41)42)44-28-8-6-5-7-26(28)37(39)40/h5-13,17,25H,4,14-16,18-19H2,1-3H3. The van der Waals surface area contributed by atoms with Crippen LogP contribution >= 0.6 is 11.6 Å². The highest BCUT2D eigenvalue weighted by molar-refractivity contribution is 7.84. The largest absolute Gasteiger partial charge is 0.466 e. The monoisotopic (exact) mass is 669 g/mol. The third-order valence-corrected chi connectivity index (χ3v) is 9.14. The van der Waals surface area contributed by atoms with Crippen LogP contribution in [0.25, 0.3) is 11.0 Å². The van der Waals surface area contributed by atoms with Crippen molar-refractivity contribution in [2.24, 2.45) is 0 Å². The van der Waals surface area contributed by atoms with Gasteiger partial charge in [-0.25, -0.2) is 4.68 Å². The van der Waals surface area contributed by atoms with Crippen molar-refractivity contribution in [3.63, 3.8) is 0 Å². The number of nitro groups is 1. The Morgan fingerprint density at radius 2 is 1.96 bits per heavy atom. The van der Waals surface area contributed by atoms with Gasteiger partial charge in [-0.05, 0) is 60.7 Å². The molecule has 5 rings (SSSR count). The van der Waals surface area contributed by atoms with Gasteiger partial charge in [0.15, 0.2) is 0 Å². The minimum absolute atomic E-state index is 0.0336. The lowest BCUT2D eigenvalue weighted by Gasteiger charge is -2.26. The Bertz CT molecular complexity index is 1930. The minimum Gasteiger partial charge on any atom is -0.466 e. The van der Waals surface area contributed by atoms with E-state index in [2.05, 4.69) is 10.3 Å². The SMILES string of the molecule is CCOC(=O)CC(c1ccc(C)c(CN2CC=C(Oc3ccccc3[N+](=O)[O-])OS2(=O)=O)c1)c1ccc2c(nnn2CCCl)c1C. The number of halogens is 1. The number of aryl methyl sites for hydroxylation is 3.